The molecule has 1 aliphatic rings. The molecule has 0 amide bonds. The summed E-state index contributed by atoms with van der Waals surface area (Å²) in [5.74, 6) is 12.0. The molecule has 0 saturated heterocycles. The molecule has 8 rings (SSSR count). The number of hydrogen-bond acceptors (Lipinski definition) is 8. The van der Waals surface area contributed by atoms with Gasteiger partial charge in [-0.2, -0.15) is 0 Å². The van der Waals surface area contributed by atoms with Crippen molar-refractivity contribution in [2.24, 2.45) is 10.8 Å². The summed E-state index contributed by atoms with van der Waals surface area (Å²) in [5.41, 5.74) is 7.78. The molecule has 74 heavy (non-hydrogen) atoms. The molecule has 0 aromatic heterocycles. The Morgan fingerprint density at radius 2 is 0.811 bits per heavy atom. The normalized spacial score (nSPS) is 11.6. The summed E-state index contributed by atoms with van der Waals surface area (Å²) in [6.07, 6.45) is 5.48. The van der Waals surface area contributed by atoms with Crippen molar-refractivity contribution in [3.05, 3.63) is 216 Å². The molecule has 0 spiro atoms. The van der Waals surface area contributed by atoms with E-state index in [1.807, 2.05) is 146 Å². The smallest absolute Gasteiger partial charge is 0.325 e. The van der Waals surface area contributed by atoms with E-state index in [1.54, 1.807) is 27.7 Å². The number of benzene rings is 7. The average Bonchev–Trinajstić information content (AvgIpc) is 3.88. The van der Waals surface area contributed by atoms with Gasteiger partial charge in [-0.25, -0.2) is 0 Å². The highest BCUT2D eigenvalue weighted by molar-refractivity contribution is 6.04. The van der Waals surface area contributed by atoms with Crippen molar-refractivity contribution in [1.29, 1.82) is 0 Å². The molecular formula is C66H60O8. The van der Waals surface area contributed by atoms with Crippen molar-refractivity contribution in [3.63, 3.8) is 0 Å². The van der Waals surface area contributed by atoms with E-state index in [2.05, 4.69) is 72.1 Å². The zero-order valence-electron chi connectivity index (χ0n) is 42.4. The number of carbonyl (C=O) groups is 4. The first-order valence-electron chi connectivity index (χ1n) is 24.8. The van der Waals surface area contributed by atoms with Crippen molar-refractivity contribution in [2.45, 2.75) is 53.4 Å². The highest BCUT2D eigenvalue weighted by atomic mass is 16.6. The molecule has 0 N–H and O–H groups in total. The Balaban J connectivity index is 0.000000214. The van der Waals surface area contributed by atoms with Gasteiger partial charge in [0.1, 0.15) is 0 Å². The molecule has 0 unspecified atom stereocenters. The Morgan fingerprint density at radius 3 is 1.19 bits per heavy atom. The Labute approximate surface area is 436 Å². The van der Waals surface area contributed by atoms with Gasteiger partial charge < -0.3 is 18.9 Å². The lowest BCUT2D eigenvalue weighted by Crippen LogP contribution is -2.43. The van der Waals surface area contributed by atoms with Crippen LogP contribution in [0.3, 0.4) is 0 Å². The first kappa shape index (κ1) is 54.4. The molecule has 7 aromatic carbocycles. The molecule has 0 fully saturated rings. The third-order valence-electron chi connectivity index (χ3n) is 12.1. The number of ether oxygens (including phenoxy) is 4. The second-order valence-corrected chi connectivity index (χ2v) is 17.0. The third kappa shape index (κ3) is 13.7. The number of hydrogen-bond donors (Lipinski definition) is 0. The van der Waals surface area contributed by atoms with Crippen molar-refractivity contribution in [1.82, 2.24) is 0 Å². The number of rotatable bonds is 13. The lowest BCUT2D eigenvalue weighted by atomic mass is 9.81. The number of terminal acetylenes is 1. The summed E-state index contributed by atoms with van der Waals surface area (Å²) in [4.78, 5) is 52.6. The average molecular weight is 981 g/mol. The maximum absolute atomic E-state index is 13.5. The predicted octanol–water partition coefficient (Wildman–Crippen LogP) is 12.5. The molecule has 0 bridgehead atoms. The second-order valence-electron chi connectivity index (χ2n) is 17.0. The van der Waals surface area contributed by atoms with E-state index >= 15 is 0 Å². The van der Waals surface area contributed by atoms with Gasteiger partial charge in [-0.15, -0.1) is 6.42 Å². The molecular weight excluding hydrogens is 921 g/mol. The fourth-order valence-corrected chi connectivity index (χ4v) is 8.55. The zero-order valence-corrected chi connectivity index (χ0v) is 42.4. The molecule has 8 nitrogen and oxygen atoms in total. The number of fused-ring (bicyclic) bond motifs is 1. The van der Waals surface area contributed by atoms with E-state index in [9.17, 15) is 19.2 Å². The fraction of sp³-hybridized carbons (Fsp3) is 0.212. The summed E-state index contributed by atoms with van der Waals surface area (Å²) < 4.78 is 21.4. The minimum Gasteiger partial charge on any atom is -0.465 e. The number of carbonyl (C=O) groups excluding carboxylic acids is 4. The lowest BCUT2D eigenvalue weighted by molar-refractivity contribution is -0.173. The van der Waals surface area contributed by atoms with Crippen LogP contribution in [0.1, 0.15) is 68.4 Å². The molecule has 0 saturated carbocycles. The molecule has 0 aliphatic heterocycles. The fourth-order valence-electron chi connectivity index (χ4n) is 8.55. The largest absolute Gasteiger partial charge is 0.465 e. The van der Waals surface area contributed by atoms with Gasteiger partial charge in [0.05, 0.1) is 26.4 Å². The van der Waals surface area contributed by atoms with Crippen molar-refractivity contribution in [3.8, 4) is 69.4 Å². The van der Waals surface area contributed by atoms with Gasteiger partial charge in [0.25, 0.3) is 0 Å². The van der Waals surface area contributed by atoms with Crippen LogP contribution in [0.4, 0.5) is 0 Å². The van der Waals surface area contributed by atoms with Gasteiger partial charge in [-0.1, -0.05) is 175 Å². The quantitative estimate of drug-likeness (QED) is 0.0487. The Morgan fingerprint density at radius 1 is 0.459 bits per heavy atom. The maximum atomic E-state index is 13.5. The van der Waals surface area contributed by atoms with E-state index in [4.69, 9.17) is 25.4 Å². The topological polar surface area (TPSA) is 105 Å². The molecule has 1 aliphatic carbocycles. The molecule has 0 atom stereocenters. The van der Waals surface area contributed by atoms with E-state index in [0.29, 0.717) is 0 Å². The van der Waals surface area contributed by atoms with E-state index in [1.165, 1.54) is 0 Å². The van der Waals surface area contributed by atoms with Crippen LogP contribution in [0.5, 0.6) is 0 Å². The van der Waals surface area contributed by atoms with Crippen molar-refractivity contribution in [2.75, 3.05) is 26.4 Å². The summed E-state index contributed by atoms with van der Waals surface area (Å²) in [6, 6.07) is 61.1. The van der Waals surface area contributed by atoms with Gasteiger partial charge in [0, 0.05) is 42.4 Å². The second kappa shape index (κ2) is 27.6. The molecule has 8 heteroatoms. The molecule has 0 heterocycles. The van der Waals surface area contributed by atoms with Crippen LogP contribution in [-0.2, 0) is 51.0 Å². The van der Waals surface area contributed by atoms with E-state index in [0.717, 1.165) is 61.2 Å². The van der Waals surface area contributed by atoms with Crippen molar-refractivity contribution < 1.29 is 38.1 Å². The van der Waals surface area contributed by atoms with Crippen LogP contribution in [-0.4, -0.2) is 50.3 Å². The van der Waals surface area contributed by atoms with Gasteiger partial charge >= 0.3 is 23.9 Å². The third-order valence-corrected chi connectivity index (χ3v) is 12.1. The summed E-state index contributed by atoms with van der Waals surface area (Å²) in [6.45, 7) is 7.61. The maximum Gasteiger partial charge on any atom is 0.325 e. The zero-order chi connectivity index (χ0) is 52.6. The number of esters is 4. The van der Waals surface area contributed by atoms with E-state index < -0.39 is 34.7 Å². The SMILES string of the molecule is C#Cc1ccccc1.CCOC(=O)C(CC#Cc1ccccc1)(CC#Cc1ccccc1)C(=O)OCC.CCOC(=O)C1(C(=O)OCC)Cc2c(-c3ccccc3)cc(-c3ccccc3)c(-c3ccccc3)c2C1. The van der Waals surface area contributed by atoms with Crippen LogP contribution in [0.25, 0.3) is 33.4 Å². The first-order valence-corrected chi connectivity index (χ1v) is 24.8. The van der Waals surface area contributed by atoms with Gasteiger partial charge in [-0.3, -0.25) is 19.2 Å². The Hall–Kier alpha value is -8.90. The highest BCUT2D eigenvalue weighted by Crippen LogP contribution is 2.50. The molecule has 372 valence electrons. The minimum atomic E-state index is -1.59. The minimum absolute atomic E-state index is 0.0387. The summed E-state index contributed by atoms with van der Waals surface area (Å²) in [7, 11) is 0. The Kier molecular flexibility index (Phi) is 20.3. The van der Waals surface area contributed by atoms with Crippen molar-refractivity contribution >= 4 is 23.9 Å². The lowest BCUT2D eigenvalue weighted by Gasteiger charge is -2.25. The van der Waals surface area contributed by atoms with Gasteiger partial charge in [-0.05, 0) is 115 Å². The van der Waals surface area contributed by atoms with Crippen LogP contribution in [0.15, 0.2) is 188 Å². The van der Waals surface area contributed by atoms with Gasteiger partial charge in [0.2, 0.25) is 0 Å². The van der Waals surface area contributed by atoms with E-state index in [-0.39, 0.29) is 52.1 Å². The van der Waals surface area contributed by atoms with Crippen LogP contribution in [0.2, 0.25) is 0 Å². The first-order chi connectivity index (χ1) is 36.1. The molecule has 0 radical (unpaired) electrons. The van der Waals surface area contributed by atoms with Crippen LogP contribution >= 0.6 is 0 Å². The Bertz CT molecular complexity index is 3020. The monoisotopic (exact) mass is 980 g/mol. The summed E-state index contributed by atoms with van der Waals surface area (Å²) >= 11 is 0. The highest BCUT2D eigenvalue weighted by Gasteiger charge is 2.54. The van der Waals surface area contributed by atoms with Gasteiger partial charge in [0.15, 0.2) is 10.8 Å². The standard InChI is InChI=1S/C33H30O4.C25H24O4.C8H6/c1-3-36-31(34)33(32(35)37-4-2)21-28-26(23-14-8-5-9-15-23)20-27(24-16-10-6-11-17-24)30(29(28)22-33)25-18-12-7-13-19-25;1-3-28-23(26)25(24(27)29-4-2,19-11-17-21-13-7-5-8-14-21)20-12-18-22-15-9-6-10-16-22;1-2-8-6-4-3-5-7-8/h5-20H,3-4,21-22H2,1-2H3;5-10,13-16H,3-4,19-20H2,1-2H3;1,3-7H. The summed E-state index contributed by atoms with van der Waals surface area (Å²) in [5, 5.41) is 0. The molecule has 7 aromatic rings. The van der Waals surface area contributed by atoms with Crippen LogP contribution in [0, 0.1) is 46.9 Å². The predicted molar refractivity (Wildman–Crippen MR) is 292 cm³/mol. The van der Waals surface area contributed by atoms with Crippen LogP contribution < -0.4 is 0 Å².